The molecule has 146 valence electrons. The average molecular weight is 394 g/mol. The molecular weight excluding hydrogens is 369 g/mol. The second-order valence-corrected chi connectivity index (χ2v) is 6.19. The Kier molecular flexibility index (Phi) is 8.40. The summed E-state index contributed by atoms with van der Waals surface area (Å²) < 4.78 is 13.2. The van der Waals surface area contributed by atoms with Crippen molar-refractivity contribution in [2.45, 2.75) is 26.7 Å². The Morgan fingerprint density at radius 3 is 2.15 bits per heavy atom. The van der Waals surface area contributed by atoms with Crippen LogP contribution in [0.4, 0.5) is 15.8 Å². The third-order valence-corrected chi connectivity index (χ3v) is 4.69. The zero-order chi connectivity index (χ0) is 19.2. The van der Waals surface area contributed by atoms with Crippen LogP contribution in [-0.4, -0.2) is 18.4 Å². The van der Waals surface area contributed by atoms with E-state index in [1.807, 2.05) is 13.8 Å². The van der Waals surface area contributed by atoms with Crippen LogP contribution in [0.3, 0.4) is 0 Å². The maximum absolute atomic E-state index is 13.2. The van der Waals surface area contributed by atoms with E-state index < -0.39 is 11.2 Å². The molecule has 0 saturated heterocycles. The van der Waals surface area contributed by atoms with Crippen LogP contribution < -0.4 is 16.4 Å². The molecule has 7 heteroatoms. The predicted molar refractivity (Wildman–Crippen MR) is 109 cm³/mol. The van der Waals surface area contributed by atoms with Gasteiger partial charge in [0.25, 0.3) is 5.91 Å². The molecule has 0 bridgehead atoms. The van der Waals surface area contributed by atoms with Crippen molar-refractivity contribution in [1.29, 1.82) is 0 Å². The third kappa shape index (κ3) is 5.52. The number of rotatable bonds is 7. The van der Waals surface area contributed by atoms with Gasteiger partial charge in [-0.3, -0.25) is 9.59 Å². The van der Waals surface area contributed by atoms with Crippen LogP contribution in [0.1, 0.15) is 37.0 Å². The summed E-state index contributed by atoms with van der Waals surface area (Å²) >= 11 is 0. The molecule has 0 heterocycles. The smallest absolute Gasteiger partial charge is 0.255 e. The van der Waals surface area contributed by atoms with E-state index in [9.17, 15) is 14.0 Å². The number of nitrogens with two attached hydrogens (primary N) is 1. The number of anilines is 2. The van der Waals surface area contributed by atoms with Crippen molar-refractivity contribution in [2.24, 2.45) is 11.1 Å². The Labute approximate surface area is 164 Å². The third-order valence-electron chi connectivity index (χ3n) is 4.69. The molecule has 5 nitrogen and oxygen atoms in total. The van der Waals surface area contributed by atoms with Gasteiger partial charge >= 0.3 is 0 Å². The van der Waals surface area contributed by atoms with Crippen molar-refractivity contribution in [2.75, 3.05) is 17.2 Å². The van der Waals surface area contributed by atoms with Crippen LogP contribution in [0.25, 0.3) is 0 Å². The van der Waals surface area contributed by atoms with Gasteiger partial charge < -0.3 is 16.4 Å². The maximum Gasteiger partial charge on any atom is 0.255 e. The van der Waals surface area contributed by atoms with Crippen LogP contribution in [0.5, 0.6) is 0 Å². The summed E-state index contributed by atoms with van der Waals surface area (Å²) in [5, 5.41) is 5.48. The first-order valence-corrected chi connectivity index (χ1v) is 8.62. The maximum atomic E-state index is 13.2. The Balaban J connectivity index is 0.00000364. The molecule has 0 aliphatic rings. The van der Waals surface area contributed by atoms with Crippen LogP contribution in [0.2, 0.25) is 0 Å². The molecule has 2 aromatic carbocycles. The van der Waals surface area contributed by atoms with Gasteiger partial charge in [0.1, 0.15) is 5.82 Å². The molecule has 0 unspecified atom stereocenters. The first kappa shape index (κ1) is 22.6. The molecule has 4 N–H and O–H groups in total. The summed E-state index contributed by atoms with van der Waals surface area (Å²) in [6.45, 7) is 4.11. The van der Waals surface area contributed by atoms with Crippen LogP contribution in [0, 0.1) is 11.2 Å². The van der Waals surface area contributed by atoms with Gasteiger partial charge in [0, 0.05) is 23.5 Å². The second-order valence-electron chi connectivity index (χ2n) is 6.19. The van der Waals surface area contributed by atoms with E-state index in [1.165, 1.54) is 18.2 Å². The van der Waals surface area contributed by atoms with E-state index in [0.717, 1.165) is 0 Å². The summed E-state index contributed by atoms with van der Waals surface area (Å²) in [6.07, 6.45) is 1.26. The summed E-state index contributed by atoms with van der Waals surface area (Å²) in [6, 6.07) is 12.3. The lowest BCUT2D eigenvalue weighted by Gasteiger charge is -2.28. The molecule has 0 aromatic heterocycles. The molecule has 0 fully saturated rings. The quantitative estimate of drug-likeness (QED) is 0.659. The Morgan fingerprint density at radius 1 is 1.00 bits per heavy atom. The van der Waals surface area contributed by atoms with Crippen molar-refractivity contribution in [3.05, 3.63) is 59.9 Å². The van der Waals surface area contributed by atoms with E-state index in [0.29, 0.717) is 29.8 Å². The number of hydrogen-bond donors (Lipinski definition) is 3. The molecule has 0 atom stereocenters. The molecule has 27 heavy (non-hydrogen) atoms. The summed E-state index contributed by atoms with van der Waals surface area (Å²) in [5.41, 5.74) is 6.42. The number of halogens is 2. The van der Waals surface area contributed by atoms with Gasteiger partial charge in [0.05, 0.1) is 5.41 Å². The van der Waals surface area contributed by atoms with Gasteiger partial charge in [-0.15, -0.1) is 12.4 Å². The summed E-state index contributed by atoms with van der Waals surface area (Å²) in [5.74, 6) is -0.975. The molecule has 0 aliphatic heterocycles. The fourth-order valence-electron chi connectivity index (χ4n) is 2.72. The molecule has 2 aromatic rings. The van der Waals surface area contributed by atoms with Crippen molar-refractivity contribution >= 4 is 35.6 Å². The monoisotopic (exact) mass is 393 g/mol. The Bertz CT molecular complexity index is 786. The van der Waals surface area contributed by atoms with Crippen molar-refractivity contribution in [3.63, 3.8) is 0 Å². The molecule has 2 amide bonds. The zero-order valence-electron chi connectivity index (χ0n) is 15.4. The van der Waals surface area contributed by atoms with Crippen LogP contribution in [-0.2, 0) is 4.79 Å². The highest BCUT2D eigenvalue weighted by Crippen LogP contribution is 2.27. The molecule has 0 saturated carbocycles. The van der Waals surface area contributed by atoms with Gasteiger partial charge in [-0.25, -0.2) is 4.39 Å². The number of carbonyl (C=O) groups excluding carboxylic acids is 2. The Hall–Kier alpha value is -2.44. The minimum atomic E-state index is -0.625. The van der Waals surface area contributed by atoms with Crippen LogP contribution >= 0.6 is 12.4 Å². The molecule has 0 aliphatic carbocycles. The summed E-state index contributed by atoms with van der Waals surface area (Å²) in [7, 11) is 0. The minimum Gasteiger partial charge on any atom is -0.329 e. The lowest BCUT2D eigenvalue weighted by Crippen LogP contribution is -2.41. The van der Waals surface area contributed by atoms with Crippen LogP contribution in [0.15, 0.2) is 48.5 Å². The van der Waals surface area contributed by atoms with Gasteiger partial charge in [-0.1, -0.05) is 26.0 Å². The van der Waals surface area contributed by atoms with Crippen molar-refractivity contribution in [1.82, 2.24) is 0 Å². The van der Waals surface area contributed by atoms with E-state index >= 15 is 0 Å². The van der Waals surface area contributed by atoms with Gasteiger partial charge in [-0.2, -0.15) is 0 Å². The standard InChI is InChI=1S/C20H24FN3O2.ClH/c1-3-20(4-2,13-22)19(26)24-16-9-5-7-14(11-16)18(25)23-17-10-6-8-15(21)12-17;/h5-12H,3-4,13,22H2,1-2H3,(H,23,25)(H,24,26);1H. The lowest BCUT2D eigenvalue weighted by molar-refractivity contribution is -0.125. The first-order chi connectivity index (χ1) is 12.4. The van der Waals surface area contributed by atoms with Crippen molar-refractivity contribution in [3.8, 4) is 0 Å². The number of nitrogens with one attached hydrogen (secondary N) is 2. The van der Waals surface area contributed by atoms with Gasteiger partial charge in [0.15, 0.2) is 0 Å². The van der Waals surface area contributed by atoms with E-state index in [1.54, 1.807) is 30.3 Å². The second kappa shape index (κ2) is 10.0. The fourth-order valence-corrected chi connectivity index (χ4v) is 2.72. The lowest BCUT2D eigenvalue weighted by atomic mass is 9.81. The largest absolute Gasteiger partial charge is 0.329 e. The Morgan fingerprint density at radius 2 is 1.59 bits per heavy atom. The summed E-state index contributed by atoms with van der Waals surface area (Å²) in [4.78, 5) is 25.0. The zero-order valence-corrected chi connectivity index (χ0v) is 16.2. The van der Waals surface area contributed by atoms with Gasteiger partial charge in [-0.05, 0) is 49.2 Å². The molecule has 0 radical (unpaired) electrons. The average Bonchev–Trinajstić information content (AvgIpc) is 2.64. The number of amides is 2. The fraction of sp³-hybridized carbons (Fsp3) is 0.300. The van der Waals surface area contributed by atoms with E-state index in [4.69, 9.17) is 5.73 Å². The SMILES string of the molecule is CCC(CC)(CN)C(=O)Nc1cccc(C(=O)Nc2cccc(F)c2)c1.Cl. The number of carbonyl (C=O) groups is 2. The van der Waals surface area contributed by atoms with E-state index in [-0.39, 0.29) is 30.8 Å². The topological polar surface area (TPSA) is 84.2 Å². The van der Waals surface area contributed by atoms with Crippen molar-refractivity contribution < 1.29 is 14.0 Å². The molecule has 2 rings (SSSR count). The normalized spacial score (nSPS) is 10.7. The first-order valence-electron chi connectivity index (χ1n) is 8.62. The van der Waals surface area contributed by atoms with Gasteiger partial charge in [0.2, 0.25) is 5.91 Å². The van der Waals surface area contributed by atoms with E-state index in [2.05, 4.69) is 10.6 Å². The highest BCUT2D eigenvalue weighted by Gasteiger charge is 2.33. The highest BCUT2D eigenvalue weighted by molar-refractivity contribution is 6.05. The number of hydrogen-bond acceptors (Lipinski definition) is 3. The molecule has 0 spiro atoms. The predicted octanol–water partition coefficient (Wildman–Crippen LogP) is 4.20. The highest BCUT2D eigenvalue weighted by atomic mass is 35.5. The molecular formula is C20H25ClFN3O2. The minimum absolute atomic E-state index is 0. The number of benzene rings is 2.